The fourth-order valence-electron chi connectivity index (χ4n) is 3.76. The molecule has 1 fully saturated rings. The average molecular weight is 354 g/mol. The van der Waals surface area contributed by atoms with Crippen LogP contribution in [0, 0.1) is 6.92 Å². The molecule has 2 atom stereocenters. The van der Waals surface area contributed by atoms with E-state index in [1.807, 2.05) is 25.1 Å². The van der Waals surface area contributed by atoms with Crippen LogP contribution in [0.4, 0.5) is 5.82 Å². The number of aryl methyl sites for hydroxylation is 1. The first-order valence-corrected chi connectivity index (χ1v) is 9.27. The summed E-state index contributed by atoms with van der Waals surface area (Å²) >= 11 is 0. The monoisotopic (exact) mass is 354 g/mol. The second-order valence-corrected chi connectivity index (χ2v) is 7.48. The Labute approximate surface area is 154 Å². The van der Waals surface area contributed by atoms with Gasteiger partial charge in [-0.1, -0.05) is 18.2 Å². The number of likely N-dealkylation sites (tertiary alicyclic amines) is 1. The molecule has 1 saturated heterocycles. The van der Waals surface area contributed by atoms with Crippen molar-refractivity contribution in [3.63, 3.8) is 0 Å². The van der Waals surface area contributed by atoms with Crippen molar-refractivity contribution in [1.82, 2.24) is 14.9 Å². The summed E-state index contributed by atoms with van der Waals surface area (Å²) < 4.78 is 5.95. The summed E-state index contributed by atoms with van der Waals surface area (Å²) in [6, 6.07) is 8.47. The lowest BCUT2D eigenvalue weighted by Crippen LogP contribution is -2.34. The standard InChI is InChI=1S/C20H26N4O2/c1-12(2)24-9-16(18(25)10-24)23-20-15-8-14-6-4-5-7-19(14)26-11-17(15)21-13(3)22-20/h4-7,12,16,18,25H,8-11H2,1-3H3,(H,21,22,23)/t16-,18-/m1/s1. The number of β-amino-alcohol motifs (C(OH)–C–C–N with tert-alkyl or cyclic N) is 1. The first kappa shape index (κ1) is 17.2. The zero-order valence-electron chi connectivity index (χ0n) is 15.6. The molecule has 2 aromatic rings. The fourth-order valence-corrected chi connectivity index (χ4v) is 3.76. The molecule has 2 aliphatic heterocycles. The summed E-state index contributed by atoms with van der Waals surface area (Å²) in [6.07, 6.45) is 0.322. The van der Waals surface area contributed by atoms with Crippen LogP contribution in [0.15, 0.2) is 24.3 Å². The van der Waals surface area contributed by atoms with Crippen molar-refractivity contribution in [3.05, 3.63) is 46.9 Å². The van der Waals surface area contributed by atoms with Gasteiger partial charge >= 0.3 is 0 Å². The third-order valence-electron chi connectivity index (χ3n) is 5.28. The van der Waals surface area contributed by atoms with Crippen LogP contribution in [0.3, 0.4) is 0 Å². The van der Waals surface area contributed by atoms with Crippen LogP contribution in [-0.4, -0.2) is 51.3 Å². The molecule has 6 heteroatoms. The van der Waals surface area contributed by atoms with Gasteiger partial charge in [0.1, 0.15) is 24.0 Å². The molecular weight excluding hydrogens is 328 g/mol. The van der Waals surface area contributed by atoms with E-state index in [1.54, 1.807) is 0 Å². The van der Waals surface area contributed by atoms with Crippen molar-refractivity contribution in [2.45, 2.75) is 52.0 Å². The molecular formula is C20H26N4O2. The Kier molecular flexibility index (Phi) is 4.54. The van der Waals surface area contributed by atoms with Crippen molar-refractivity contribution < 1.29 is 9.84 Å². The minimum Gasteiger partial charge on any atom is -0.487 e. The molecule has 3 heterocycles. The Bertz CT molecular complexity index is 808. The first-order chi connectivity index (χ1) is 12.5. The van der Waals surface area contributed by atoms with Gasteiger partial charge in [0.15, 0.2) is 0 Å². The van der Waals surface area contributed by atoms with Gasteiger partial charge in [-0.2, -0.15) is 0 Å². The number of ether oxygens (including phenoxy) is 1. The van der Waals surface area contributed by atoms with Gasteiger partial charge in [0, 0.05) is 31.1 Å². The lowest BCUT2D eigenvalue weighted by molar-refractivity contribution is 0.161. The molecule has 0 unspecified atom stereocenters. The molecule has 0 radical (unpaired) electrons. The van der Waals surface area contributed by atoms with Crippen molar-refractivity contribution in [1.29, 1.82) is 0 Å². The molecule has 1 aromatic heterocycles. The second-order valence-electron chi connectivity index (χ2n) is 7.48. The zero-order valence-corrected chi connectivity index (χ0v) is 15.6. The molecule has 0 aliphatic carbocycles. The Morgan fingerprint density at radius 3 is 2.81 bits per heavy atom. The number of nitrogens with one attached hydrogen (secondary N) is 1. The summed E-state index contributed by atoms with van der Waals surface area (Å²) in [5, 5.41) is 14.0. The van der Waals surface area contributed by atoms with Crippen LogP contribution in [0.25, 0.3) is 0 Å². The van der Waals surface area contributed by atoms with Gasteiger partial charge < -0.3 is 15.2 Å². The molecule has 0 bridgehead atoms. The molecule has 2 aliphatic rings. The molecule has 2 N–H and O–H groups in total. The maximum atomic E-state index is 10.5. The summed E-state index contributed by atoms with van der Waals surface area (Å²) in [4.78, 5) is 11.6. The normalized spacial score (nSPS) is 22.5. The lowest BCUT2D eigenvalue weighted by atomic mass is 10.0. The van der Waals surface area contributed by atoms with Gasteiger partial charge in [-0.15, -0.1) is 0 Å². The van der Waals surface area contributed by atoms with E-state index in [1.165, 1.54) is 0 Å². The molecule has 138 valence electrons. The Morgan fingerprint density at radius 2 is 2.04 bits per heavy atom. The number of aromatic nitrogens is 2. The number of aliphatic hydroxyl groups excluding tert-OH is 1. The van der Waals surface area contributed by atoms with Gasteiger partial charge in [0.05, 0.1) is 17.8 Å². The van der Waals surface area contributed by atoms with Crippen molar-refractivity contribution >= 4 is 5.82 Å². The Hall–Kier alpha value is -2.18. The highest BCUT2D eigenvalue weighted by Crippen LogP contribution is 2.31. The maximum absolute atomic E-state index is 10.5. The SMILES string of the molecule is Cc1nc2c(c(N[C@@H]3CN(C(C)C)C[C@H]3O)n1)Cc1ccccc1OC2. The number of hydrogen-bond acceptors (Lipinski definition) is 6. The smallest absolute Gasteiger partial charge is 0.134 e. The number of anilines is 1. The highest BCUT2D eigenvalue weighted by molar-refractivity contribution is 5.53. The second kappa shape index (κ2) is 6.85. The molecule has 26 heavy (non-hydrogen) atoms. The van der Waals surface area contributed by atoms with E-state index in [9.17, 15) is 5.11 Å². The van der Waals surface area contributed by atoms with E-state index in [4.69, 9.17) is 4.74 Å². The van der Waals surface area contributed by atoms with E-state index in [-0.39, 0.29) is 6.04 Å². The van der Waals surface area contributed by atoms with Gasteiger partial charge in [-0.05, 0) is 32.4 Å². The average Bonchev–Trinajstić information content (AvgIpc) is 2.86. The van der Waals surface area contributed by atoms with E-state index < -0.39 is 6.10 Å². The molecule has 6 nitrogen and oxygen atoms in total. The highest BCUT2D eigenvalue weighted by atomic mass is 16.5. The first-order valence-electron chi connectivity index (χ1n) is 9.27. The summed E-state index contributed by atoms with van der Waals surface area (Å²) in [5.41, 5.74) is 3.12. The van der Waals surface area contributed by atoms with E-state index in [0.29, 0.717) is 25.0 Å². The third-order valence-corrected chi connectivity index (χ3v) is 5.28. The van der Waals surface area contributed by atoms with E-state index in [2.05, 4.69) is 40.1 Å². The quantitative estimate of drug-likeness (QED) is 0.880. The molecule has 0 spiro atoms. The van der Waals surface area contributed by atoms with Gasteiger partial charge in [-0.3, -0.25) is 4.90 Å². The number of aliphatic hydroxyl groups is 1. The predicted molar refractivity (Wildman–Crippen MR) is 100 cm³/mol. The van der Waals surface area contributed by atoms with Crippen molar-refractivity contribution in [2.75, 3.05) is 18.4 Å². The van der Waals surface area contributed by atoms with Gasteiger partial charge in [0.25, 0.3) is 0 Å². The maximum Gasteiger partial charge on any atom is 0.134 e. The molecule has 1 aromatic carbocycles. The van der Waals surface area contributed by atoms with Crippen molar-refractivity contribution in [2.24, 2.45) is 0 Å². The fraction of sp³-hybridized carbons (Fsp3) is 0.500. The largest absolute Gasteiger partial charge is 0.487 e. The van der Waals surface area contributed by atoms with Crippen molar-refractivity contribution in [3.8, 4) is 5.75 Å². The van der Waals surface area contributed by atoms with Crippen LogP contribution in [0.5, 0.6) is 5.75 Å². The van der Waals surface area contributed by atoms with Crippen LogP contribution < -0.4 is 10.1 Å². The number of para-hydroxylation sites is 1. The number of hydrogen-bond donors (Lipinski definition) is 2. The Balaban J connectivity index is 1.65. The Morgan fingerprint density at radius 1 is 1.23 bits per heavy atom. The summed E-state index contributed by atoms with van der Waals surface area (Å²) in [6.45, 7) is 8.15. The van der Waals surface area contributed by atoms with Crippen LogP contribution in [-0.2, 0) is 13.0 Å². The number of rotatable bonds is 3. The molecule has 4 rings (SSSR count). The van der Waals surface area contributed by atoms with E-state index >= 15 is 0 Å². The molecule has 0 saturated carbocycles. The van der Waals surface area contributed by atoms with Crippen LogP contribution >= 0.6 is 0 Å². The number of benzene rings is 1. The van der Waals surface area contributed by atoms with Crippen LogP contribution in [0.1, 0.15) is 36.5 Å². The minimum atomic E-state index is -0.405. The topological polar surface area (TPSA) is 70.5 Å². The minimum absolute atomic E-state index is 0.0322. The van der Waals surface area contributed by atoms with Gasteiger partial charge in [-0.25, -0.2) is 9.97 Å². The van der Waals surface area contributed by atoms with E-state index in [0.717, 1.165) is 41.4 Å². The number of fused-ring (bicyclic) bond motifs is 2. The predicted octanol–water partition coefficient (Wildman–Crippen LogP) is 2.13. The zero-order chi connectivity index (χ0) is 18.3. The number of nitrogens with zero attached hydrogens (tertiary/aromatic N) is 3. The third kappa shape index (κ3) is 3.27. The van der Waals surface area contributed by atoms with Gasteiger partial charge in [0.2, 0.25) is 0 Å². The lowest BCUT2D eigenvalue weighted by Gasteiger charge is -2.21. The molecule has 0 amide bonds. The summed E-state index contributed by atoms with van der Waals surface area (Å²) in [5.74, 6) is 2.44. The summed E-state index contributed by atoms with van der Waals surface area (Å²) in [7, 11) is 0. The van der Waals surface area contributed by atoms with Crippen LogP contribution in [0.2, 0.25) is 0 Å². The highest BCUT2D eigenvalue weighted by Gasteiger charge is 2.33.